The molecule has 2 N–H and O–H groups in total. The molecule has 7 aromatic carbocycles. The van der Waals surface area contributed by atoms with Gasteiger partial charge in [0.15, 0.2) is 0 Å². The van der Waals surface area contributed by atoms with Crippen molar-refractivity contribution in [2.75, 3.05) is 0 Å². The lowest BCUT2D eigenvalue weighted by atomic mass is 9.78. The van der Waals surface area contributed by atoms with Gasteiger partial charge in [-0.2, -0.15) is 0 Å². The van der Waals surface area contributed by atoms with Crippen molar-refractivity contribution >= 4 is 76.6 Å². The summed E-state index contributed by atoms with van der Waals surface area (Å²) in [5, 5.41) is 34.8. The van der Waals surface area contributed by atoms with Crippen LogP contribution < -0.4 is 0 Å². The number of rotatable bonds is 24. The van der Waals surface area contributed by atoms with E-state index in [1.54, 1.807) is 11.1 Å². The summed E-state index contributed by atoms with van der Waals surface area (Å²) in [6.45, 7) is 0. The van der Waals surface area contributed by atoms with Gasteiger partial charge in [-0.05, 0) is 114 Å². The fourth-order valence-corrected chi connectivity index (χ4v) is 9.41. The zero-order valence-electron chi connectivity index (χ0n) is 31.0. The van der Waals surface area contributed by atoms with Crippen molar-refractivity contribution in [3.05, 3.63) is 71.8 Å². The van der Waals surface area contributed by atoms with Crippen molar-refractivity contribution in [3.8, 4) is 0 Å². The summed E-state index contributed by atoms with van der Waals surface area (Å²) >= 11 is 0. The first-order valence-corrected chi connectivity index (χ1v) is 20.6. The van der Waals surface area contributed by atoms with Gasteiger partial charge in [0.05, 0.1) is 0 Å². The first-order chi connectivity index (χ1) is 25.5. The van der Waals surface area contributed by atoms with E-state index in [0.29, 0.717) is 12.8 Å². The van der Waals surface area contributed by atoms with Crippen LogP contribution in [0.1, 0.15) is 140 Å². The minimum atomic E-state index is -0.675. The van der Waals surface area contributed by atoms with E-state index in [1.165, 1.54) is 142 Å². The standard InChI is InChI=1S/C48H56O4/c49-41(50)21-17-13-9-5-1-3-7-11-15-19-37-38(20-16-12-8-4-2-6-10-14-18-22-42(51)52)40-32-30-36-28-26-34-24-23-33-25-27-35-29-31-39(37)47-45(35)43(33)44(34)46(36)48(40)47/h23-32H,1-22H2,(H,49,50)(H,51,52). The molecule has 52 heavy (non-hydrogen) atoms. The number of carboxylic acid groups (broad SMARTS) is 2. The number of hydrogen-bond donors (Lipinski definition) is 2. The molecule has 0 unspecified atom stereocenters. The molecule has 272 valence electrons. The molecule has 0 bridgehead atoms. The maximum Gasteiger partial charge on any atom is 0.303 e. The van der Waals surface area contributed by atoms with Gasteiger partial charge in [0.2, 0.25) is 0 Å². The van der Waals surface area contributed by atoms with Crippen molar-refractivity contribution in [1.29, 1.82) is 0 Å². The van der Waals surface area contributed by atoms with Gasteiger partial charge in [-0.15, -0.1) is 0 Å². The molecule has 0 atom stereocenters. The normalized spacial score (nSPS) is 12.3. The van der Waals surface area contributed by atoms with Gasteiger partial charge < -0.3 is 10.2 Å². The Balaban J connectivity index is 1.10. The molecule has 0 aromatic heterocycles. The Labute approximate surface area is 308 Å². The molecule has 0 amide bonds. The molecule has 0 aliphatic carbocycles. The first-order valence-electron chi connectivity index (χ1n) is 20.6. The Kier molecular flexibility index (Phi) is 11.9. The lowest BCUT2D eigenvalue weighted by molar-refractivity contribution is -0.138. The van der Waals surface area contributed by atoms with E-state index in [-0.39, 0.29) is 0 Å². The van der Waals surface area contributed by atoms with Crippen LogP contribution >= 0.6 is 0 Å². The second kappa shape index (κ2) is 17.1. The molecule has 0 aliphatic rings. The van der Waals surface area contributed by atoms with E-state index in [0.717, 1.165) is 51.4 Å². The van der Waals surface area contributed by atoms with Gasteiger partial charge in [-0.25, -0.2) is 0 Å². The maximum atomic E-state index is 10.8. The van der Waals surface area contributed by atoms with Crippen molar-refractivity contribution in [3.63, 3.8) is 0 Å². The number of unbranched alkanes of at least 4 members (excludes halogenated alkanes) is 16. The summed E-state index contributed by atoms with van der Waals surface area (Å²) < 4.78 is 0. The van der Waals surface area contributed by atoms with Crippen molar-refractivity contribution in [2.24, 2.45) is 0 Å². The fourth-order valence-electron chi connectivity index (χ4n) is 9.41. The van der Waals surface area contributed by atoms with E-state index >= 15 is 0 Å². The average Bonchev–Trinajstić information content (AvgIpc) is 3.15. The minimum absolute atomic E-state index is 0.304. The minimum Gasteiger partial charge on any atom is -0.481 e. The summed E-state index contributed by atoms with van der Waals surface area (Å²) in [4.78, 5) is 21.5. The SMILES string of the molecule is O=C(O)CCCCCCCCCCCc1c(CCCCCCCCCCCC(=O)O)c2ccc3ccc4ccc5ccc6ccc1c1c6c5c4c3c21. The van der Waals surface area contributed by atoms with Crippen LogP contribution in [0.15, 0.2) is 60.7 Å². The lowest BCUT2D eigenvalue weighted by Crippen LogP contribution is -2.02. The number of aryl methyl sites for hydroxylation is 2. The summed E-state index contributed by atoms with van der Waals surface area (Å²) in [5.41, 5.74) is 3.18. The molecular weight excluding hydrogens is 641 g/mol. The van der Waals surface area contributed by atoms with Crippen LogP contribution in [0, 0.1) is 0 Å². The van der Waals surface area contributed by atoms with Crippen LogP contribution in [-0.4, -0.2) is 22.2 Å². The number of benzene rings is 7. The third kappa shape index (κ3) is 7.77. The van der Waals surface area contributed by atoms with Crippen LogP contribution in [0.4, 0.5) is 0 Å². The van der Waals surface area contributed by atoms with Gasteiger partial charge in [0.25, 0.3) is 0 Å². The van der Waals surface area contributed by atoms with Gasteiger partial charge >= 0.3 is 11.9 Å². The molecule has 0 aliphatic heterocycles. The van der Waals surface area contributed by atoms with Crippen molar-refractivity contribution in [2.45, 2.75) is 141 Å². The molecule has 0 spiro atoms. The molecule has 0 fully saturated rings. The number of carboxylic acids is 2. The lowest BCUT2D eigenvalue weighted by Gasteiger charge is -2.25. The highest BCUT2D eigenvalue weighted by Gasteiger charge is 2.24. The fraction of sp³-hybridized carbons (Fsp3) is 0.458. The Hall–Kier alpha value is -4.18. The third-order valence-corrected chi connectivity index (χ3v) is 12.0. The third-order valence-electron chi connectivity index (χ3n) is 12.0. The predicted octanol–water partition coefficient (Wildman–Crippen LogP) is 14.0. The highest BCUT2D eigenvalue weighted by atomic mass is 16.4. The predicted molar refractivity (Wildman–Crippen MR) is 220 cm³/mol. The van der Waals surface area contributed by atoms with Gasteiger partial charge in [0.1, 0.15) is 0 Å². The molecule has 4 heteroatoms. The number of hydrogen-bond acceptors (Lipinski definition) is 2. The van der Waals surface area contributed by atoms with E-state index in [1.807, 2.05) is 0 Å². The van der Waals surface area contributed by atoms with Crippen molar-refractivity contribution in [1.82, 2.24) is 0 Å². The van der Waals surface area contributed by atoms with Crippen LogP contribution in [0.3, 0.4) is 0 Å². The topological polar surface area (TPSA) is 74.6 Å². The van der Waals surface area contributed by atoms with Gasteiger partial charge in [-0.1, -0.05) is 151 Å². The van der Waals surface area contributed by atoms with Crippen LogP contribution in [0.5, 0.6) is 0 Å². The van der Waals surface area contributed by atoms with Gasteiger partial charge in [0, 0.05) is 12.8 Å². The van der Waals surface area contributed by atoms with E-state index in [4.69, 9.17) is 10.2 Å². The van der Waals surface area contributed by atoms with Crippen LogP contribution in [0.25, 0.3) is 64.6 Å². The summed E-state index contributed by atoms with van der Waals surface area (Å²) in [6, 6.07) is 23.6. The summed E-state index contributed by atoms with van der Waals surface area (Å²) in [7, 11) is 0. The molecular formula is C48H56O4. The summed E-state index contributed by atoms with van der Waals surface area (Å²) in [6.07, 6.45) is 23.8. The van der Waals surface area contributed by atoms with E-state index < -0.39 is 11.9 Å². The molecule has 7 aromatic rings. The molecule has 4 nitrogen and oxygen atoms in total. The molecule has 0 heterocycles. The molecule has 0 radical (unpaired) electrons. The van der Waals surface area contributed by atoms with Crippen molar-refractivity contribution < 1.29 is 19.8 Å². The van der Waals surface area contributed by atoms with E-state index in [2.05, 4.69) is 60.7 Å². The monoisotopic (exact) mass is 696 g/mol. The number of aliphatic carboxylic acids is 2. The highest BCUT2D eigenvalue weighted by Crippen LogP contribution is 2.50. The number of carbonyl (C=O) groups is 2. The van der Waals surface area contributed by atoms with E-state index in [9.17, 15) is 9.59 Å². The zero-order chi connectivity index (χ0) is 35.9. The first kappa shape index (κ1) is 36.2. The Morgan fingerprint density at radius 2 is 0.577 bits per heavy atom. The average molecular weight is 697 g/mol. The zero-order valence-corrected chi connectivity index (χ0v) is 31.0. The molecule has 0 saturated carbocycles. The molecule has 0 saturated heterocycles. The van der Waals surface area contributed by atoms with Gasteiger partial charge in [-0.3, -0.25) is 9.59 Å². The Morgan fingerprint density at radius 3 is 0.885 bits per heavy atom. The highest BCUT2D eigenvalue weighted by molar-refractivity contribution is 6.45. The second-order valence-electron chi connectivity index (χ2n) is 15.7. The Morgan fingerprint density at radius 1 is 0.327 bits per heavy atom. The second-order valence-corrected chi connectivity index (χ2v) is 15.7. The summed E-state index contributed by atoms with van der Waals surface area (Å²) in [5.74, 6) is -1.35. The van der Waals surface area contributed by atoms with Crippen LogP contribution in [0.2, 0.25) is 0 Å². The molecule has 7 rings (SSSR count). The van der Waals surface area contributed by atoms with Crippen LogP contribution in [-0.2, 0) is 22.4 Å². The quantitative estimate of drug-likeness (QED) is 0.0375. The smallest absolute Gasteiger partial charge is 0.303 e. The Bertz CT molecular complexity index is 2060. The largest absolute Gasteiger partial charge is 0.481 e. The maximum absolute atomic E-state index is 10.8.